The fraction of sp³-hybridized carbons (Fsp3) is 0.625. The van der Waals surface area contributed by atoms with Crippen LogP contribution in [0.5, 0.6) is 0 Å². The van der Waals surface area contributed by atoms with Gasteiger partial charge in [0.15, 0.2) is 0 Å². The van der Waals surface area contributed by atoms with Crippen molar-refractivity contribution in [3.05, 3.63) is 24.5 Å². The Morgan fingerprint density at radius 3 is 2.48 bits per heavy atom. The van der Waals surface area contributed by atoms with Crippen molar-refractivity contribution in [3.63, 3.8) is 0 Å². The summed E-state index contributed by atoms with van der Waals surface area (Å²) in [6.45, 7) is 6.23. The van der Waals surface area contributed by atoms with Gasteiger partial charge in [0, 0.05) is 12.3 Å². The fourth-order valence-corrected chi connectivity index (χ4v) is 1.80. The Balaban J connectivity index is 4.31. The van der Waals surface area contributed by atoms with Gasteiger partial charge in [0.1, 0.15) is 0 Å². The molecule has 5 nitrogen and oxygen atoms in total. The van der Waals surface area contributed by atoms with Crippen LogP contribution in [0.15, 0.2) is 24.5 Å². The van der Waals surface area contributed by atoms with Crippen LogP contribution in [0.4, 0.5) is 0 Å². The van der Waals surface area contributed by atoms with E-state index in [1.165, 1.54) is 20.5 Å². The van der Waals surface area contributed by atoms with Crippen molar-refractivity contribution in [2.75, 3.05) is 20.8 Å². The predicted molar refractivity (Wildman–Crippen MR) is 80.5 cm³/mol. The zero-order valence-electron chi connectivity index (χ0n) is 13.2. The highest BCUT2D eigenvalue weighted by Crippen LogP contribution is 2.21. The summed E-state index contributed by atoms with van der Waals surface area (Å²) < 4.78 is 14.7. The molecule has 0 aromatic carbocycles. The minimum atomic E-state index is -0.452. The molecule has 0 aliphatic carbocycles. The number of carbonyl (C=O) groups is 2. The Labute approximate surface area is 126 Å². The highest BCUT2D eigenvalue weighted by molar-refractivity contribution is 5.89. The molecule has 0 aromatic rings. The van der Waals surface area contributed by atoms with E-state index in [4.69, 9.17) is 14.2 Å². The number of hydrogen-bond acceptors (Lipinski definition) is 5. The summed E-state index contributed by atoms with van der Waals surface area (Å²) in [5, 5.41) is 0. The van der Waals surface area contributed by atoms with Gasteiger partial charge < -0.3 is 14.2 Å². The lowest BCUT2D eigenvalue weighted by molar-refractivity contribution is -0.143. The first-order valence-electron chi connectivity index (χ1n) is 7.20. The first-order valence-corrected chi connectivity index (χ1v) is 7.20. The summed E-state index contributed by atoms with van der Waals surface area (Å²) in [5.41, 5.74) is 0.398. The Bertz CT molecular complexity index is 360. The van der Waals surface area contributed by atoms with E-state index in [9.17, 15) is 9.59 Å². The number of allylic oxidation sites excluding steroid dienone is 1. The molecule has 0 aliphatic rings. The fourth-order valence-electron chi connectivity index (χ4n) is 1.80. The molecule has 5 heteroatoms. The average Bonchev–Trinajstić information content (AvgIpc) is 2.49. The van der Waals surface area contributed by atoms with Crippen LogP contribution in [0.25, 0.3) is 0 Å². The van der Waals surface area contributed by atoms with Gasteiger partial charge in [0.2, 0.25) is 0 Å². The molecule has 0 saturated carbocycles. The maximum absolute atomic E-state index is 11.7. The van der Waals surface area contributed by atoms with E-state index < -0.39 is 5.97 Å². The van der Waals surface area contributed by atoms with Crippen LogP contribution in [0.1, 0.15) is 39.0 Å². The van der Waals surface area contributed by atoms with Crippen molar-refractivity contribution >= 4 is 11.9 Å². The van der Waals surface area contributed by atoms with Gasteiger partial charge in [-0.1, -0.05) is 19.4 Å². The van der Waals surface area contributed by atoms with Gasteiger partial charge in [0.25, 0.3) is 0 Å². The molecular weight excluding hydrogens is 272 g/mol. The minimum absolute atomic E-state index is 0.207. The quantitative estimate of drug-likeness (QED) is 0.193. The molecule has 1 atom stereocenters. The lowest BCUT2D eigenvalue weighted by Gasteiger charge is -2.14. The van der Waals surface area contributed by atoms with Crippen LogP contribution in [0.2, 0.25) is 0 Å². The molecule has 0 amide bonds. The highest BCUT2D eigenvalue weighted by Gasteiger charge is 2.20. The second kappa shape index (κ2) is 12.0. The third-order valence-electron chi connectivity index (χ3n) is 3.01. The highest BCUT2D eigenvalue weighted by atomic mass is 16.5. The number of rotatable bonds is 11. The zero-order chi connectivity index (χ0) is 16.1. The number of ether oxygens (including phenoxy) is 3. The molecule has 0 spiro atoms. The molecular formula is C16H26O5. The molecule has 1 unspecified atom stereocenters. The smallest absolute Gasteiger partial charge is 0.337 e. The second-order valence-electron chi connectivity index (χ2n) is 4.61. The van der Waals surface area contributed by atoms with Gasteiger partial charge in [-0.2, -0.15) is 0 Å². The van der Waals surface area contributed by atoms with Gasteiger partial charge >= 0.3 is 11.9 Å². The maximum Gasteiger partial charge on any atom is 0.337 e. The maximum atomic E-state index is 11.7. The van der Waals surface area contributed by atoms with Crippen molar-refractivity contribution in [1.82, 2.24) is 0 Å². The number of carbonyl (C=O) groups excluding carboxylic acids is 2. The first-order chi connectivity index (χ1) is 10.1. The van der Waals surface area contributed by atoms with Crippen molar-refractivity contribution in [3.8, 4) is 0 Å². The average molecular weight is 298 g/mol. The van der Waals surface area contributed by atoms with E-state index in [2.05, 4.69) is 6.58 Å². The van der Waals surface area contributed by atoms with Gasteiger partial charge in [-0.05, 0) is 19.3 Å². The van der Waals surface area contributed by atoms with E-state index in [0.29, 0.717) is 31.4 Å². The summed E-state index contributed by atoms with van der Waals surface area (Å²) in [6, 6.07) is 0. The predicted octanol–water partition coefficient (Wildman–Crippen LogP) is 3.01. The molecule has 0 heterocycles. The summed E-state index contributed by atoms with van der Waals surface area (Å²) in [5.74, 6) is -0.866. The summed E-state index contributed by atoms with van der Waals surface area (Å²) in [6.07, 6.45) is 6.44. The summed E-state index contributed by atoms with van der Waals surface area (Å²) in [7, 11) is 2.78. The third kappa shape index (κ3) is 8.17. The van der Waals surface area contributed by atoms with Gasteiger partial charge in [-0.15, -0.1) is 6.58 Å². The Morgan fingerprint density at radius 1 is 1.24 bits per heavy atom. The van der Waals surface area contributed by atoms with Crippen LogP contribution in [0.3, 0.4) is 0 Å². The van der Waals surface area contributed by atoms with Crippen molar-refractivity contribution in [1.29, 1.82) is 0 Å². The lowest BCUT2D eigenvalue weighted by atomic mass is 9.94. The Hall–Kier alpha value is -1.78. The van der Waals surface area contributed by atoms with Gasteiger partial charge in [0.05, 0.1) is 32.7 Å². The van der Waals surface area contributed by atoms with Gasteiger partial charge in [-0.25, -0.2) is 4.79 Å². The van der Waals surface area contributed by atoms with Crippen LogP contribution in [-0.2, 0) is 23.8 Å². The first kappa shape index (κ1) is 19.2. The molecule has 0 N–H and O–H groups in total. The number of esters is 2. The number of hydrogen-bond donors (Lipinski definition) is 0. The molecule has 21 heavy (non-hydrogen) atoms. The van der Waals surface area contributed by atoms with E-state index >= 15 is 0 Å². The molecule has 0 saturated heterocycles. The number of methoxy groups -OCH3 is 2. The second-order valence-corrected chi connectivity index (χ2v) is 4.61. The largest absolute Gasteiger partial charge is 0.504 e. The van der Waals surface area contributed by atoms with E-state index in [0.717, 1.165) is 12.8 Å². The van der Waals surface area contributed by atoms with Crippen LogP contribution in [-0.4, -0.2) is 32.8 Å². The summed E-state index contributed by atoms with van der Waals surface area (Å²) in [4.78, 5) is 23.2. The van der Waals surface area contributed by atoms with Gasteiger partial charge in [-0.3, -0.25) is 4.79 Å². The Kier molecular flexibility index (Phi) is 11.0. The van der Waals surface area contributed by atoms with E-state index in [1.807, 2.05) is 6.92 Å². The van der Waals surface area contributed by atoms with Crippen LogP contribution >= 0.6 is 0 Å². The van der Waals surface area contributed by atoms with Crippen LogP contribution in [0, 0.1) is 5.92 Å². The molecule has 0 fully saturated rings. The molecule has 0 aromatic heterocycles. The van der Waals surface area contributed by atoms with Crippen molar-refractivity contribution in [2.24, 2.45) is 5.92 Å². The van der Waals surface area contributed by atoms with E-state index in [1.54, 1.807) is 6.08 Å². The standard InChI is InChI=1S/C16H26O5/c1-5-7-11-21-15(17)10-8-9-13(6-2)14(12-19-3)16(18)20-4/h6,12-13H,2,5,7-11H2,1,3-4H3/b14-12-. The monoisotopic (exact) mass is 298 g/mol. The van der Waals surface area contributed by atoms with Crippen molar-refractivity contribution in [2.45, 2.75) is 39.0 Å². The Morgan fingerprint density at radius 2 is 1.95 bits per heavy atom. The SMILES string of the molecule is C=CC(CCCC(=O)OCCCC)/C(=C/OC)C(=O)OC. The topological polar surface area (TPSA) is 61.8 Å². The summed E-state index contributed by atoms with van der Waals surface area (Å²) >= 11 is 0. The third-order valence-corrected chi connectivity index (χ3v) is 3.01. The van der Waals surface area contributed by atoms with Crippen LogP contribution < -0.4 is 0 Å². The van der Waals surface area contributed by atoms with Crippen molar-refractivity contribution < 1.29 is 23.8 Å². The molecule has 0 bridgehead atoms. The normalized spacial score (nSPS) is 12.4. The molecule has 0 aliphatic heterocycles. The van der Waals surface area contributed by atoms with E-state index in [-0.39, 0.29) is 11.9 Å². The lowest BCUT2D eigenvalue weighted by Crippen LogP contribution is -2.14. The number of unbranched alkanes of at least 4 members (excludes halogenated alkanes) is 1. The molecule has 0 rings (SSSR count). The molecule has 120 valence electrons. The zero-order valence-corrected chi connectivity index (χ0v) is 13.2. The molecule has 0 radical (unpaired) electrons. The minimum Gasteiger partial charge on any atom is -0.504 e.